The van der Waals surface area contributed by atoms with Crippen LogP contribution in [0.4, 0.5) is 0 Å². The molecule has 0 saturated carbocycles. The first-order chi connectivity index (χ1) is 6.65. The Labute approximate surface area is 95.5 Å². The maximum absolute atomic E-state index is 5.68. The molecule has 0 amide bonds. The number of hydrogen-bond acceptors (Lipinski definition) is 0. The molecule has 0 aromatic heterocycles. The summed E-state index contributed by atoms with van der Waals surface area (Å²) >= 11 is 11.4. The second-order valence-electron chi connectivity index (χ2n) is 3.33. The van der Waals surface area contributed by atoms with Crippen LogP contribution in [0.3, 0.4) is 0 Å². The quantitative estimate of drug-likeness (QED) is 0.697. The first-order valence-electron chi connectivity index (χ1n) is 4.73. The van der Waals surface area contributed by atoms with Gasteiger partial charge < -0.3 is 0 Å². The molecule has 0 spiro atoms. The number of halogens is 2. The van der Waals surface area contributed by atoms with Gasteiger partial charge >= 0.3 is 0 Å². The minimum absolute atomic E-state index is 0.321. The number of rotatable bonds is 3. The molecule has 1 rings (SSSR count). The van der Waals surface area contributed by atoms with Crippen molar-refractivity contribution >= 4 is 23.2 Å². The zero-order valence-corrected chi connectivity index (χ0v) is 9.94. The highest BCUT2D eigenvalue weighted by molar-refractivity contribution is 6.55. The van der Waals surface area contributed by atoms with Gasteiger partial charge in [-0.1, -0.05) is 54.4 Å². The van der Waals surface area contributed by atoms with Gasteiger partial charge in [0.05, 0.1) is 0 Å². The lowest BCUT2D eigenvalue weighted by Gasteiger charge is -2.13. The molecule has 0 heterocycles. The molecular weight excluding hydrogens is 215 g/mol. The molecule has 0 aliphatic rings. The Morgan fingerprint density at radius 2 is 2.00 bits per heavy atom. The van der Waals surface area contributed by atoms with E-state index in [0.717, 1.165) is 6.42 Å². The normalized spacial score (nSPS) is 12.3. The maximum atomic E-state index is 5.68. The molecule has 76 valence electrons. The fraction of sp³-hybridized carbons (Fsp3) is 0.333. The molecule has 0 N–H and O–H groups in total. The van der Waals surface area contributed by atoms with E-state index in [-0.39, 0.29) is 0 Å². The SMILES string of the molecule is CCC(C=C(Cl)Cl)c1ccccc1C. The van der Waals surface area contributed by atoms with Crippen molar-refractivity contribution in [1.82, 2.24) is 0 Å². The zero-order valence-electron chi connectivity index (χ0n) is 8.43. The number of benzene rings is 1. The summed E-state index contributed by atoms with van der Waals surface area (Å²) in [4.78, 5) is 0. The van der Waals surface area contributed by atoms with Crippen molar-refractivity contribution in [3.05, 3.63) is 46.0 Å². The summed E-state index contributed by atoms with van der Waals surface area (Å²) < 4.78 is 0.347. The molecule has 1 aromatic carbocycles. The minimum Gasteiger partial charge on any atom is -0.0712 e. The summed E-state index contributed by atoms with van der Waals surface area (Å²) in [6.45, 7) is 4.23. The molecule has 0 aliphatic carbocycles. The van der Waals surface area contributed by atoms with Crippen LogP contribution in [0.25, 0.3) is 0 Å². The summed E-state index contributed by atoms with van der Waals surface area (Å²) in [6.07, 6.45) is 2.90. The van der Waals surface area contributed by atoms with E-state index in [1.54, 1.807) is 0 Å². The third kappa shape index (κ3) is 3.04. The predicted octanol–water partition coefficient (Wildman–Crippen LogP) is 4.81. The lowest BCUT2D eigenvalue weighted by atomic mass is 9.93. The summed E-state index contributed by atoms with van der Waals surface area (Å²) in [5.74, 6) is 0.321. The van der Waals surface area contributed by atoms with Gasteiger partial charge in [-0.15, -0.1) is 0 Å². The van der Waals surface area contributed by atoms with Crippen LogP contribution in [0.2, 0.25) is 0 Å². The number of aryl methyl sites for hydroxylation is 1. The van der Waals surface area contributed by atoms with E-state index in [0.29, 0.717) is 10.4 Å². The molecule has 0 saturated heterocycles. The topological polar surface area (TPSA) is 0 Å². The summed E-state index contributed by atoms with van der Waals surface area (Å²) in [6, 6.07) is 8.31. The van der Waals surface area contributed by atoms with Crippen molar-refractivity contribution in [2.45, 2.75) is 26.2 Å². The second-order valence-corrected chi connectivity index (χ2v) is 4.34. The highest BCUT2D eigenvalue weighted by Crippen LogP contribution is 2.27. The molecule has 1 atom stereocenters. The van der Waals surface area contributed by atoms with Crippen molar-refractivity contribution in [3.63, 3.8) is 0 Å². The molecule has 1 unspecified atom stereocenters. The third-order valence-corrected chi connectivity index (χ3v) is 2.61. The van der Waals surface area contributed by atoms with Gasteiger partial charge in [0.2, 0.25) is 0 Å². The van der Waals surface area contributed by atoms with Gasteiger partial charge in [0.1, 0.15) is 4.49 Å². The van der Waals surface area contributed by atoms with Gasteiger partial charge in [0, 0.05) is 5.92 Å². The highest BCUT2D eigenvalue weighted by Gasteiger charge is 2.08. The van der Waals surface area contributed by atoms with Crippen LogP contribution in [0.5, 0.6) is 0 Å². The van der Waals surface area contributed by atoms with E-state index in [1.807, 2.05) is 18.2 Å². The van der Waals surface area contributed by atoms with Gasteiger partial charge in [-0.25, -0.2) is 0 Å². The van der Waals surface area contributed by atoms with E-state index in [2.05, 4.69) is 26.0 Å². The van der Waals surface area contributed by atoms with E-state index >= 15 is 0 Å². The van der Waals surface area contributed by atoms with Crippen molar-refractivity contribution in [1.29, 1.82) is 0 Å². The van der Waals surface area contributed by atoms with Crippen LogP contribution in [0.1, 0.15) is 30.4 Å². The van der Waals surface area contributed by atoms with Crippen LogP contribution in [-0.4, -0.2) is 0 Å². The molecule has 0 bridgehead atoms. The highest BCUT2D eigenvalue weighted by atomic mass is 35.5. The van der Waals surface area contributed by atoms with Crippen LogP contribution in [0, 0.1) is 6.92 Å². The van der Waals surface area contributed by atoms with Crippen LogP contribution < -0.4 is 0 Å². The smallest absolute Gasteiger partial charge is 0.0712 e. The minimum atomic E-state index is 0.321. The van der Waals surface area contributed by atoms with Crippen molar-refractivity contribution < 1.29 is 0 Å². The Kier molecular flexibility index (Phi) is 4.50. The Hall–Kier alpha value is -0.460. The van der Waals surface area contributed by atoms with Gasteiger partial charge in [-0.3, -0.25) is 0 Å². The summed E-state index contributed by atoms with van der Waals surface area (Å²) in [7, 11) is 0. The molecule has 0 fully saturated rings. The standard InChI is InChI=1S/C12H14Cl2/c1-3-10(8-12(13)14)11-7-5-4-6-9(11)2/h4-8,10H,3H2,1-2H3. The third-order valence-electron chi connectivity index (χ3n) is 2.35. The summed E-state index contributed by atoms with van der Waals surface area (Å²) in [5, 5.41) is 0. The Morgan fingerprint density at radius 3 is 2.50 bits per heavy atom. The second kappa shape index (κ2) is 5.43. The van der Waals surface area contributed by atoms with Gasteiger partial charge in [0.25, 0.3) is 0 Å². The monoisotopic (exact) mass is 228 g/mol. The lowest BCUT2D eigenvalue weighted by Crippen LogP contribution is -1.96. The van der Waals surface area contributed by atoms with Gasteiger partial charge in [0.15, 0.2) is 0 Å². The van der Waals surface area contributed by atoms with E-state index in [9.17, 15) is 0 Å². The average Bonchev–Trinajstić information content (AvgIpc) is 2.15. The molecular formula is C12H14Cl2. The van der Waals surface area contributed by atoms with E-state index < -0.39 is 0 Å². The van der Waals surface area contributed by atoms with E-state index in [1.165, 1.54) is 11.1 Å². The number of hydrogen-bond donors (Lipinski definition) is 0. The molecule has 2 heteroatoms. The van der Waals surface area contributed by atoms with Gasteiger partial charge in [-0.2, -0.15) is 0 Å². The van der Waals surface area contributed by atoms with Gasteiger partial charge in [-0.05, 0) is 30.5 Å². The van der Waals surface area contributed by atoms with Crippen LogP contribution in [0.15, 0.2) is 34.8 Å². The largest absolute Gasteiger partial charge is 0.103 e. The predicted molar refractivity (Wildman–Crippen MR) is 64.0 cm³/mol. The van der Waals surface area contributed by atoms with Crippen LogP contribution >= 0.6 is 23.2 Å². The molecule has 1 aromatic rings. The fourth-order valence-corrected chi connectivity index (χ4v) is 1.89. The fourth-order valence-electron chi connectivity index (χ4n) is 1.58. The number of allylic oxidation sites excluding steroid dienone is 1. The Morgan fingerprint density at radius 1 is 1.36 bits per heavy atom. The van der Waals surface area contributed by atoms with Crippen molar-refractivity contribution in [2.75, 3.05) is 0 Å². The van der Waals surface area contributed by atoms with Crippen LogP contribution in [-0.2, 0) is 0 Å². The lowest BCUT2D eigenvalue weighted by molar-refractivity contribution is 0.799. The first kappa shape index (κ1) is 11.6. The van der Waals surface area contributed by atoms with Crippen molar-refractivity contribution in [2.24, 2.45) is 0 Å². The Bertz CT molecular complexity index is 325. The maximum Gasteiger partial charge on any atom is 0.103 e. The summed E-state index contributed by atoms with van der Waals surface area (Å²) in [5.41, 5.74) is 2.58. The zero-order chi connectivity index (χ0) is 10.6. The van der Waals surface area contributed by atoms with E-state index in [4.69, 9.17) is 23.2 Å². The molecule has 0 radical (unpaired) electrons. The molecule has 0 aliphatic heterocycles. The Balaban J connectivity index is 3.01. The first-order valence-corrected chi connectivity index (χ1v) is 5.49. The van der Waals surface area contributed by atoms with Crippen molar-refractivity contribution in [3.8, 4) is 0 Å². The molecule has 0 nitrogen and oxygen atoms in total. The molecule has 14 heavy (non-hydrogen) atoms. The average molecular weight is 229 g/mol.